The lowest BCUT2D eigenvalue weighted by Crippen LogP contribution is -2.36. The predicted octanol–water partition coefficient (Wildman–Crippen LogP) is 1.41. The van der Waals surface area contributed by atoms with Gasteiger partial charge in [-0.15, -0.1) is 0 Å². The molecule has 0 unspecified atom stereocenters. The Bertz CT molecular complexity index is 515. The minimum absolute atomic E-state index is 0.197. The van der Waals surface area contributed by atoms with Gasteiger partial charge in [0.2, 0.25) is 0 Å². The molecule has 5 nitrogen and oxygen atoms in total. The molecule has 0 heterocycles. The first-order valence-corrected chi connectivity index (χ1v) is 5.56. The van der Waals surface area contributed by atoms with E-state index in [0.29, 0.717) is 11.3 Å². The van der Waals surface area contributed by atoms with Gasteiger partial charge in [-0.1, -0.05) is 0 Å². The Morgan fingerprint density at radius 2 is 2.00 bits per heavy atom. The topological polar surface area (TPSA) is 81.4 Å². The number of aryl methyl sites for hydroxylation is 1. The number of esters is 1. The van der Waals surface area contributed by atoms with E-state index in [1.807, 2.05) is 0 Å². The van der Waals surface area contributed by atoms with E-state index in [0.717, 1.165) is 0 Å². The normalized spacial score (nSPS) is 11.0. The molecule has 1 aromatic carbocycles. The van der Waals surface area contributed by atoms with Gasteiger partial charge in [0.1, 0.15) is 6.54 Å². The molecule has 0 fully saturated rings. The highest BCUT2D eigenvalue weighted by molar-refractivity contribution is 5.93. The molecule has 0 bridgehead atoms. The van der Waals surface area contributed by atoms with Crippen LogP contribution < -0.4 is 11.1 Å². The summed E-state index contributed by atoms with van der Waals surface area (Å²) in [6.45, 7) is -0.625. The van der Waals surface area contributed by atoms with Crippen LogP contribution in [0.15, 0.2) is 18.2 Å². The van der Waals surface area contributed by atoms with Crippen LogP contribution in [-0.4, -0.2) is 31.2 Å². The molecular formula is C12H13F3N2O3. The summed E-state index contributed by atoms with van der Waals surface area (Å²) < 4.78 is 40.1. The van der Waals surface area contributed by atoms with Crippen LogP contribution in [0.4, 0.5) is 18.9 Å². The van der Waals surface area contributed by atoms with E-state index in [9.17, 15) is 22.8 Å². The van der Waals surface area contributed by atoms with Crippen molar-refractivity contribution in [3.63, 3.8) is 0 Å². The number of nitrogen functional groups attached to an aromatic ring is 1. The van der Waals surface area contributed by atoms with Crippen LogP contribution >= 0.6 is 0 Å². The van der Waals surface area contributed by atoms with Gasteiger partial charge in [-0.05, 0) is 30.7 Å². The molecule has 0 aliphatic heterocycles. The Balaban J connectivity index is 2.49. The quantitative estimate of drug-likeness (QED) is 0.649. The third-order valence-electron chi connectivity index (χ3n) is 2.29. The van der Waals surface area contributed by atoms with E-state index in [4.69, 9.17) is 5.73 Å². The first-order chi connectivity index (χ1) is 9.19. The molecule has 0 aromatic heterocycles. The van der Waals surface area contributed by atoms with Crippen LogP contribution in [0.3, 0.4) is 0 Å². The highest BCUT2D eigenvalue weighted by Gasteiger charge is 2.27. The van der Waals surface area contributed by atoms with Crippen LogP contribution in [0.5, 0.6) is 0 Å². The maximum absolute atomic E-state index is 11.8. The molecule has 110 valence electrons. The zero-order valence-corrected chi connectivity index (χ0v) is 10.6. The third kappa shape index (κ3) is 5.17. The van der Waals surface area contributed by atoms with Crippen molar-refractivity contribution in [1.29, 1.82) is 0 Å². The zero-order valence-electron chi connectivity index (χ0n) is 10.6. The number of rotatable bonds is 4. The Labute approximate surface area is 112 Å². The van der Waals surface area contributed by atoms with Crippen molar-refractivity contribution in [3.05, 3.63) is 29.3 Å². The minimum atomic E-state index is -4.51. The maximum Gasteiger partial charge on any atom is 0.405 e. The summed E-state index contributed by atoms with van der Waals surface area (Å²) in [7, 11) is 0. The Morgan fingerprint density at radius 3 is 2.55 bits per heavy atom. The van der Waals surface area contributed by atoms with Gasteiger partial charge in [-0.2, -0.15) is 13.2 Å². The van der Waals surface area contributed by atoms with E-state index in [1.54, 1.807) is 18.3 Å². The van der Waals surface area contributed by atoms with Crippen LogP contribution in [0.1, 0.15) is 15.9 Å². The van der Waals surface area contributed by atoms with Gasteiger partial charge in [-0.3, -0.25) is 4.79 Å². The Kier molecular flexibility index (Phi) is 4.95. The summed E-state index contributed by atoms with van der Waals surface area (Å²) in [5.41, 5.74) is 6.71. The number of halogens is 3. The van der Waals surface area contributed by atoms with Gasteiger partial charge < -0.3 is 15.8 Å². The molecule has 20 heavy (non-hydrogen) atoms. The lowest BCUT2D eigenvalue weighted by molar-refractivity contribution is -0.140. The lowest BCUT2D eigenvalue weighted by atomic mass is 10.1. The first-order valence-electron chi connectivity index (χ1n) is 5.56. The number of hydrogen-bond acceptors (Lipinski definition) is 4. The van der Waals surface area contributed by atoms with E-state index < -0.39 is 31.2 Å². The summed E-state index contributed by atoms with van der Waals surface area (Å²) in [4.78, 5) is 22.7. The van der Waals surface area contributed by atoms with Crippen molar-refractivity contribution < 1.29 is 27.5 Å². The van der Waals surface area contributed by atoms with Gasteiger partial charge in [0.15, 0.2) is 6.61 Å². The van der Waals surface area contributed by atoms with Crippen molar-refractivity contribution in [1.82, 2.24) is 5.32 Å². The number of benzene rings is 1. The summed E-state index contributed by atoms with van der Waals surface area (Å²) in [6, 6.07) is 4.44. The highest BCUT2D eigenvalue weighted by Crippen LogP contribution is 2.14. The van der Waals surface area contributed by atoms with E-state index in [1.165, 1.54) is 12.1 Å². The monoisotopic (exact) mass is 290 g/mol. The average molecular weight is 290 g/mol. The number of anilines is 1. The van der Waals surface area contributed by atoms with E-state index >= 15 is 0 Å². The van der Waals surface area contributed by atoms with Gasteiger partial charge >= 0.3 is 12.1 Å². The molecular weight excluding hydrogens is 277 g/mol. The lowest BCUT2D eigenvalue weighted by Gasteiger charge is -2.09. The van der Waals surface area contributed by atoms with Crippen molar-refractivity contribution in [2.75, 3.05) is 18.9 Å². The predicted molar refractivity (Wildman–Crippen MR) is 64.9 cm³/mol. The minimum Gasteiger partial charge on any atom is -0.452 e. The number of nitrogens with one attached hydrogen (secondary N) is 1. The molecule has 0 atom stereocenters. The van der Waals surface area contributed by atoms with Gasteiger partial charge in [-0.25, -0.2) is 4.79 Å². The average Bonchev–Trinajstić information content (AvgIpc) is 2.32. The fourth-order valence-corrected chi connectivity index (χ4v) is 1.37. The summed E-state index contributed by atoms with van der Waals surface area (Å²) in [5, 5.41) is 1.59. The molecule has 1 aromatic rings. The molecule has 1 amide bonds. The van der Waals surface area contributed by atoms with Crippen molar-refractivity contribution in [2.24, 2.45) is 0 Å². The first kappa shape index (κ1) is 15.8. The molecule has 3 N–H and O–H groups in total. The van der Waals surface area contributed by atoms with Crippen molar-refractivity contribution in [2.45, 2.75) is 13.1 Å². The number of hydrogen-bond donors (Lipinski definition) is 2. The summed E-state index contributed by atoms with van der Waals surface area (Å²) in [5.74, 6) is -1.83. The van der Waals surface area contributed by atoms with Gasteiger partial charge in [0.05, 0.1) is 5.56 Å². The Hall–Kier alpha value is -2.25. The fraction of sp³-hybridized carbons (Fsp3) is 0.333. The zero-order chi connectivity index (χ0) is 15.3. The second-order valence-corrected chi connectivity index (χ2v) is 4.04. The number of carbonyl (C=O) groups is 2. The number of nitrogens with two attached hydrogens (primary N) is 1. The number of alkyl halides is 3. The SMILES string of the molecule is Cc1cc(N)ccc1C(=O)OCC(=O)NCC(F)(F)F. The van der Waals surface area contributed by atoms with Crippen LogP contribution in [0.25, 0.3) is 0 Å². The number of amides is 1. The highest BCUT2D eigenvalue weighted by atomic mass is 19.4. The maximum atomic E-state index is 11.8. The second-order valence-electron chi connectivity index (χ2n) is 4.04. The number of ether oxygens (including phenoxy) is 1. The second kappa shape index (κ2) is 6.27. The third-order valence-corrected chi connectivity index (χ3v) is 2.29. The van der Waals surface area contributed by atoms with E-state index in [-0.39, 0.29) is 5.56 Å². The van der Waals surface area contributed by atoms with E-state index in [2.05, 4.69) is 4.74 Å². The molecule has 1 rings (SSSR count). The molecule has 8 heteroatoms. The Morgan fingerprint density at radius 1 is 1.35 bits per heavy atom. The molecule has 0 saturated heterocycles. The van der Waals surface area contributed by atoms with Crippen LogP contribution in [-0.2, 0) is 9.53 Å². The van der Waals surface area contributed by atoms with Crippen LogP contribution in [0, 0.1) is 6.92 Å². The molecule has 0 saturated carbocycles. The smallest absolute Gasteiger partial charge is 0.405 e. The molecule has 0 aliphatic rings. The standard InChI is InChI=1S/C12H13F3N2O3/c1-7-4-8(16)2-3-9(7)11(19)20-5-10(18)17-6-12(13,14)15/h2-4H,5-6,16H2,1H3,(H,17,18). The molecule has 0 spiro atoms. The largest absolute Gasteiger partial charge is 0.452 e. The number of carbonyl (C=O) groups excluding carboxylic acids is 2. The van der Waals surface area contributed by atoms with Gasteiger partial charge in [0, 0.05) is 5.69 Å². The van der Waals surface area contributed by atoms with Crippen molar-refractivity contribution in [3.8, 4) is 0 Å². The van der Waals surface area contributed by atoms with Gasteiger partial charge in [0.25, 0.3) is 5.91 Å². The van der Waals surface area contributed by atoms with Crippen molar-refractivity contribution >= 4 is 17.6 Å². The van der Waals surface area contributed by atoms with Crippen LogP contribution in [0.2, 0.25) is 0 Å². The summed E-state index contributed by atoms with van der Waals surface area (Å²) in [6.07, 6.45) is -4.51. The molecule has 0 radical (unpaired) electrons. The fourth-order valence-electron chi connectivity index (χ4n) is 1.37. The molecule has 0 aliphatic carbocycles. The summed E-state index contributed by atoms with van der Waals surface area (Å²) >= 11 is 0.